The number of nitrogens with zero attached hydrogens (tertiary/aromatic N) is 1. The quantitative estimate of drug-likeness (QED) is 0.448. The van der Waals surface area contributed by atoms with Gasteiger partial charge in [0.05, 0.1) is 13.5 Å². The van der Waals surface area contributed by atoms with Crippen molar-refractivity contribution >= 4 is 23.8 Å². The average Bonchev–Trinajstić information content (AvgIpc) is 2.45. The highest BCUT2D eigenvalue weighted by atomic mass is 16.5. The highest BCUT2D eigenvalue weighted by molar-refractivity contribution is 6.07. The van der Waals surface area contributed by atoms with Gasteiger partial charge in [-0.1, -0.05) is 0 Å². The van der Waals surface area contributed by atoms with Crippen LogP contribution in [0.3, 0.4) is 0 Å². The molecule has 1 heterocycles. The monoisotopic (exact) mass is 229 g/mol. The predicted octanol–water partition coefficient (Wildman–Crippen LogP) is -1.15. The van der Waals surface area contributed by atoms with E-state index in [1.807, 2.05) is 0 Å². The van der Waals surface area contributed by atoms with Crippen LogP contribution in [0, 0.1) is 0 Å². The predicted molar refractivity (Wildman–Crippen MR) is 48.9 cm³/mol. The van der Waals surface area contributed by atoms with Gasteiger partial charge in [0.1, 0.15) is 6.54 Å². The number of amides is 2. The van der Waals surface area contributed by atoms with E-state index in [0.29, 0.717) is 0 Å². The van der Waals surface area contributed by atoms with E-state index in [2.05, 4.69) is 9.47 Å². The maximum Gasteiger partial charge on any atom is 0.325 e. The van der Waals surface area contributed by atoms with Gasteiger partial charge in [-0.3, -0.25) is 24.1 Å². The third kappa shape index (κ3) is 2.56. The summed E-state index contributed by atoms with van der Waals surface area (Å²) in [6.45, 7) is 0.687. The molecule has 0 aromatic rings. The van der Waals surface area contributed by atoms with Crippen LogP contribution in [-0.4, -0.2) is 48.4 Å². The molecular weight excluding hydrogens is 218 g/mol. The first-order chi connectivity index (χ1) is 7.45. The maximum absolute atomic E-state index is 11.5. The summed E-state index contributed by atoms with van der Waals surface area (Å²) in [6, 6.07) is 0. The molecule has 1 saturated heterocycles. The van der Waals surface area contributed by atoms with E-state index in [9.17, 15) is 19.2 Å². The van der Waals surface area contributed by atoms with Gasteiger partial charge in [-0.15, -0.1) is 0 Å². The molecule has 0 bridgehead atoms. The van der Waals surface area contributed by atoms with Crippen molar-refractivity contribution in [1.82, 2.24) is 4.90 Å². The number of ether oxygens (including phenoxy) is 2. The zero-order chi connectivity index (χ0) is 12.3. The van der Waals surface area contributed by atoms with Crippen molar-refractivity contribution < 1.29 is 28.7 Å². The number of esters is 2. The Balaban J connectivity index is 2.67. The molecular formula is C9H11NO6. The van der Waals surface area contributed by atoms with Crippen molar-refractivity contribution in [2.24, 2.45) is 0 Å². The third-order valence-corrected chi connectivity index (χ3v) is 2.03. The Kier molecular flexibility index (Phi) is 3.60. The number of hydrogen-bond donors (Lipinski definition) is 0. The Morgan fingerprint density at radius 1 is 1.44 bits per heavy atom. The molecule has 0 aliphatic carbocycles. The number of carbonyl (C=O) groups is 4. The van der Waals surface area contributed by atoms with Gasteiger partial charge in [-0.05, 0) is 0 Å². The van der Waals surface area contributed by atoms with Crippen LogP contribution in [0.5, 0.6) is 0 Å². The second kappa shape index (κ2) is 4.73. The van der Waals surface area contributed by atoms with Crippen LogP contribution in [0.4, 0.5) is 0 Å². The van der Waals surface area contributed by atoms with E-state index in [-0.39, 0.29) is 6.42 Å². The van der Waals surface area contributed by atoms with Gasteiger partial charge in [0.25, 0.3) is 5.91 Å². The summed E-state index contributed by atoms with van der Waals surface area (Å²) in [7, 11) is 1.15. The highest BCUT2D eigenvalue weighted by Crippen LogP contribution is 2.16. The van der Waals surface area contributed by atoms with Crippen LogP contribution in [0.1, 0.15) is 13.3 Å². The Hall–Kier alpha value is -1.92. The fourth-order valence-electron chi connectivity index (χ4n) is 1.30. The summed E-state index contributed by atoms with van der Waals surface area (Å²) in [5.74, 6) is -2.59. The summed E-state index contributed by atoms with van der Waals surface area (Å²) in [6.07, 6.45) is -1.34. The number of imide groups is 1. The first-order valence-corrected chi connectivity index (χ1v) is 4.54. The molecule has 0 N–H and O–H groups in total. The van der Waals surface area contributed by atoms with E-state index in [1.165, 1.54) is 0 Å². The van der Waals surface area contributed by atoms with Crippen LogP contribution < -0.4 is 0 Å². The molecule has 16 heavy (non-hydrogen) atoms. The van der Waals surface area contributed by atoms with Crippen molar-refractivity contribution in [1.29, 1.82) is 0 Å². The van der Waals surface area contributed by atoms with Crippen LogP contribution in [0.15, 0.2) is 0 Å². The second-order valence-corrected chi connectivity index (χ2v) is 3.20. The van der Waals surface area contributed by atoms with Crippen molar-refractivity contribution in [3.8, 4) is 0 Å². The first kappa shape index (κ1) is 12.2. The van der Waals surface area contributed by atoms with E-state index in [4.69, 9.17) is 0 Å². The maximum atomic E-state index is 11.5. The Labute approximate surface area is 91.3 Å². The summed E-state index contributed by atoms with van der Waals surface area (Å²) in [5, 5.41) is 0. The summed E-state index contributed by atoms with van der Waals surface area (Å²) in [4.78, 5) is 45.1. The molecule has 1 unspecified atom stereocenters. The molecule has 0 spiro atoms. The first-order valence-electron chi connectivity index (χ1n) is 4.54. The normalized spacial score (nSPS) is 19.9. The lowest BCUT2D eigenvalue weighted by Crippen LogP contribution is -2.37. The standard InChI is InChI=1S/C9H11NO6/c1-5(11)16-6-3-7(12)10(9(6)14)4-8(13)15-2/h6H,3-4H2,1-2H3. The SMILES string of the molecule is COC(=O)CN1C(=O)CC(OC(C)=O)C1=O. The number of hydrogen-bond acceptors (Lipinski definition) is 6. The zero-order valence-electron chi connectivity index (χ0n) is 8.89. The summed E-state index contributed by atoms with van der Waals surface area (Å²) < 4.78 is 8.97. The molecule has 7 heteroatoms. The summed E-state index contributed by atoms with van der Waals surface area (Å²) >= 11 is 0. The zero-order valence-corrected chi connectivity index (χ0v) is 8.89. The number of likely N-dealkylation sites (tertiary alicyclic amines) is 1. The minimum Gasteiger partial charge on any atom is -0.468 e. The van der Waals surface area contributed by atoms with Gasteiger partial charge in [-0.2, -0.15) is 0 Å². The molecule has 1 aliphatic rings. The lowest BCUT2D eigenvalue weighted by atomic mass is 10.3. The number of carbonyl (C=O) groups excluding carboxylic acids is 4. The van der Waals surface area contributed by atoms with Crippen molar-refractivity contribution in [2.75, 3.05) is 13.7 Å². The third-order valence-electron chi connectivity index (χ3n) is 2.03. The van der Waals surface area contributed by atoms with E-state index in [0.717, 1.165) is 18.9 Å². The molecule has 0 saturated carbocycles. The fraction of sp³-hybridized carbons (Fsp3) is 0.556. The Morgan fingerprint density at radius 3 is 2.56 bits per heavy atom. The average molecular weight is 229 g/mol. The largest absolute Gasteiger partial charge is 0.468 e. The van der Waals surface area contributed by atoms with E-state index in [1.54, 1.807) is 0 Å². The molecule has 1 fully saturated rings. The minimum absolute atomic E-state index is 0.227. The minimum atomic E-state index is -1.12. The topological polar surface area (TPSA) is 90.0 Å². The van der Waals surface area contributed by atoms with Crippen molar-refractivity contribution in [3.63, 3.8) is 0 Å². The molecule has 0 radical (unpaired) electrons. The van der Waals surface area contributed by atoms with Gasteiger partial charge < -0.3 is 9.47 Å². The molecule has 1 rings (SSSR count). The molecule has 0 aromatic carbocycles. The highest BCUT2D eigenvalue weighted by Gasteiger charge is 2.41. The lowest BCUT2D eigenvalue weighted by Gasteiger charge is -2.12. The molecule has 7 nitrogen and oxygen atoms in total. The Morgan fingerprint density at radius 2 is 2.06 bits per heavy atom. The smallest absolute Gasteiger partial charge is 0.325 e. The van der Waals surface area contributed by atoms with E-state index < -0.39 is 36.4 Å². The fourth-order valence-corrected chi connectivity index (χ4v) is 1.30. The second-order valence-electron chi connectivity index (χ2n) is 3.20. The lowest BCUT2D eigenvalue weighted by molar-refractivity contribution is -0.156. The van der Waals surface area contributed by atoms with Gasteiger partial charge in [0, 0.05) is 6.92 Å². The van der Waals surface area contributed by atoms with Gasteiger partial charge in [0.2, 0.25) is 5.91 Å². The van der Waals surface area contributed by atoms with Crippen LogP contribution in [-0.2, 0) is 28.7 Å². The van der Waals surface area contributed by atoms with E-state index >= 15 is 0 Å². The molecule has 88 valence electrons. The van der Waals surface area contributed by atoms with Gasteiger partial charge in [0.15, 0.2) is 6.10 Å². The molecule has 1 atom stereocenters. The van der Waals surface area contributed by atoms with Crippen LogP contribution >= 0.6 is 0 Å². The molecule has 2 amide bonds. The Bertz CT molecular complexity index is 350. The number of methoxy groups -OCH3 is 1. The molecule has 1 aliphatic heterocycles. The van der Waals surface area contributed by atoms with Gasteiger partial charge in [-0.25, -0.2) is 0 Å². The van der Waals surface area contributed by atoms with Crippen molar-refractivity contribution in [2.45, 2.75) is 19.4 Å². The van der Waals surface area contributed by atoms with Crippen LogP contribution in [0.25, 0.3) is 0 Å². The van der Waals surface area contributed by atoms with Gasteiger partial charge >= 0.3 is 11.9 Å². The van der Waals surface area contributed by atoms with Crippen LogP contribution in [0.2, 0.25) is 0 Å². The number of rotatable bonds is 3. The van der Waals surface area contributed by atoms with Crippen molar-refractivity contribution in [3.05, 3.63) is 0 Å². The summed E-state index contributed by atoms with van der Waals surface area (Å²) in [5.41, 5.74) is 0. The molecule has 0 aromatic heterocycles.